The number of carbonyl (C=O) groups excluding carboxylic acids is 2. The molecule has 2 aromatic rings. The summed E-state index contributed by atoms with van der Waals surface area (Å²) in [5.41, 5.74) is 1.04. The Bertz CT molecular complexity index is 602. The summed E-state index contributed by atoms with van der Waals surface area (Å²) in [4.78, 5) is 22.2. The van der Waals surface area contributed by atoms with Gasteiger partial charge in [0.05, 0.1) is 0 Å². The van der Waals surface area contributed by atoms with E-state index in [1.165, 1.54) is 0 Å². The number of rotatable bonds is 5. The number of benzene rings is 2. The van der Waals surface area contributed by atoms with Gasteiger partial charge in [-0.25, -0.2) is 0 Å². The van der Waals surface area contributed by atoms with Crippen molar-refractivity contribution in [3.63, 3.8) is 0 Å². The van der Waals surface area contributed by atoms with Gasteiger partial charge in [-0.2, -0.15) is 0 Å². The van der Waals surface area contributed by atoms with Gasteiger partial charge in [0.1, 0.15) is 0 Å². The number of hydrogen-bond acceptors (Lipinski definition) is 2. The molecule has 0 N–H and O–H groups in total. The fourth-order valence-electron chi connectivity index (χ4n) is 1.44. The Morgan fingerprint density at radius 2 is 1.15 bits per heavy atom. The molecule has 0 aliphatic carbocycles. The summed E-state index contributed by atoms with van der Waals surface area (Å²) >= 11 is 11.4. The van der Waals surface area contributed by atoms with Crippen LogP contribution in [0.5, 0.6) is 0 Å². The molecule has 2 aromatic carbocycles. The van der Waals surface area contributed by atoms with Crippen LogP contribution in [0, 0.1) is 0 Å². The van der Waals surface area contributed by atoms with Crippen LogP contribution < -0.4 is 8.92 Å². The van der Waals surface area contributed by atoms with Crippen molar-refractivity contribution in [2.75, 3.05) is 0 Å². The summed E-state index contributed by atoms with van der Waals surface area (Å²) < 4.78 is 2.23. The van der Waals surface area contributed by atoms with Gasteiger partial charge >= 0.3 is 138 Å². The van der Waals surface area contributed by atoms with Crippen molar-refractivity contribution in [3.05, 3.63) is 59.7 Å². The summed E-state index contributed by atoms with van der Waals surface area (Å²) in [7, 11) is 0. The molecule has 6 heteroatoms. The van der Waals surface area contributed by atoms with Gasteiger partial charge in [-0.05, 0) is 0 Å². The van der Waals surface area contributed by atoms with Gasteiger partial charge in [-0.15, -0.1) is 0 Å². The van der Waals surface area contributed by atoms with E-state index in [2.05, 4.69) is 0 Å². The van der Waals surface area contributed by atoms with Crippen molar-refractivity contribution in [2.45, 2.75) is 0 Å². The molecule has 2 nitrogen and oxygen atoms in total. The minimum atomic E-state index is -0.440. The molecule has 0 fully saturated rings. The standard InChI is InChI=1S/C14H8Cl2O2Se2/c15-13(17)9-3-1-5-11(7-9)19-20-12-6-2-4-10(8-12)14(16)18/h1-8H. The van der Waals surface area contributed by atoms with Crippen LogP contribution in [0.15, 0.2) is 48.5 Å². The van der Waals surface area contributed by atoms with Crippen molar-refractivity contribution in [3.8, 4) is 0 Å². The summed E-state index contributed by atoms with van der Waals surface area (Å²) in [6.07, 6.45) is 0. The molecule has 0 saturated heterocycles. The van der Waals surface area contributed by atoms with E-state index in [-0.39, 0.29) is 26.3 Å². The fourth-order valence-corrected chi connectivity index (χ4v) is 7.73. The van der Waals surface area contributed by atoms with E-state index in [0.29, 0.717) is 11.1 Å². The zero-order valence-electron chi connectivity index (χ0n) is 10.0. The number of carbonyl (C=O) groups is 2. The topological polar surface area (TPSA) is 34.1 Å². The molecule has 0 spiro atoms. The molecular formula is C14H8Cl2O2Se2. The average Bonchev–Trinajstić information content (AvgIpc) is 2.45. The quantitative estimate of drug-likeness (QED) is 0.528. The molecule has 0 atom stereocenters. The normalized spacial score (nSPS) is 10.3. The second-order valence-corrected chi connectivity index (χ2v) is 10.8. The third-order valence-corrected chi connectivity index (χ3v) is 9.95. The average molecular weight is 437 g/mol. The number of halogens is 2. The van der Waals surface area contributed by atoms with Crippen LogP contribution in [0.2, 0.25) is 0 Å². The van der Waals surface area contributed by atoms with Gasteiger partial charge < -0.3 is 0 Å². The fraction of sp³-hybridized carbons (Fsp3) is 0. The van der Waals surface area contributed by atoms with E-state index >= 15 is 0 Å². The van der Waals surface area contributed by atoms with E-state index in [0.717, 1.165) is 8.92 Å². The molecular weight excluding hydrogens is 429 g/mol. The van der Waals surface area contributed by atoms with E-state index in [1.807, 2.05) is 36.4 Å². The Hall–Kier alpha value is -0.601. The molecule has 0 aliphatic rings. The monoisotopic (exact) mass is 438 g/mol. The van der Waals surface area contributed by atoms with E-state index in [4.69, 9.17) is 23.2 Å². The summed E-state index contributed by atoms with van der Waals surface area (Å²) in [6.45, 7) is 0. The van der Waals surface area contributed by atoms with Crippen LogP contribution in [-0.2, 0) is 0 Å². The van der Waals surface area contributed by atoms with Crippen molar-refractivity contribution in [1.82, 2.24) is 0 Å². The number of hydrogen-bond donors (Lipinski definition) is 0. The Morgan fingerprint density at radius 3 is 1.50 bits per heavy atom. The van der Waals surface area contributed by atoms with Gasteiger partial charge in [0.25, 0.3) is 0 Å². The summed E-state index contributed by atoms with van der Waals surface area (Å²) in [6, 6.07) is 14.7. The Morgan fingerprint density at radius 1 is 0.750 bits per heavy atom. The Balaban J connectivity index is 2.08. The van der Waals surface area contributed by atoms with Crippen molar-refractivity contribution in [2.24, 2.45) is 0 Å². The molecule has 20 heavy (non-hydrogen) atoms. The van der Waals surface area contributed by atoms with Gasteiger partial charge in [0, 0.05) is 0 Å². The Labute approximate surface area is 137 Å². The molecule has 0 amide bonds. The maximum absolute atomic E-state index is 11.1. The van der Waals surface area contributed by atoms with Gasteiger partial charge in [-0.3, -0.25) is 0 Å². The van der Waals surface area contributed by atoms with Gasteiger partial charge in [0.2, 0.25) is 0 Å². The van der Waals surface area contributed by atoms with Crippen molar-refractivity contribution in [1.29, 1.82) is 0 Å². The second kappa shape index (κ2) is 7.42. The van der Waals surface area contributed by atoms with E-state index in [1.54, 1.807) is 12.1 Å². The predicted molar refractivity (Wildman–Crippen MR) is 84.0 cm³/mol. The van der Waals surface area contributed by atoms with Crippen LogP contribution >= 0.6 is 23.2 Å². The molecule has 0 bridgehead atoms. The third-order valence-electron chi connectivity index (χ3n) is 2.36. The summed E-state index contributed by atoms with van der Waals surface area (Å²) in [5.74, 6) is 0. The van der Waals surface area contributed by atoms with Crippen LogP contribution in [0.4, 0.5) is 0 Å². The van der Waals surface area contributed by atoms with Crippen LogP contribution in [0.3, 0.4) is 0 Å². The SMILES string of the molecule is O=C(Cl)c1cccc([Se][Se]c2cccc(C(=O)Cl)c2)c1. The first-order valence-corrected chi connectivity index (χ1v) is 12.3. The first kappa shape index (κ1) is 15.8. The van der Waals surface area contributed by atoms with Crippen LogP contribution in [0.1, 0.15) is 20.7 Å². The molecule has 2 rings (SSSR count). The first-order chi connectivity index (χ1) is 9.56. The minimum absolute atomic E-state index is 0.226. The summed E-state index contributed by atoms with van der Waals surface area (Å²) in [5, 5.41) is -0.880. The molecule has 0 heterocycles. The van der Waals surface area contributed by atoms with Crippen molar-refractivity contribution >= 4 is 68.9 Å². The molecule has 0 aliphatic heterocycles. The van der Waals surface area contributed by atoms with Gasteiger partial charge in [-0.1, -0.05) is 0 Å². The second-order valence-electron chi connectivity index (χ2n) is 3.77. The molecule has 0 aromatic heterocycles. The van der Waals surface area contributed by atoms with E-state index < -0.39 is 10.5 Å². The third kappa shape index (κ3) is 4.46. The zero-order valence-corrected chi connectivity index (χ0v) is 14.9. The molecule has 102 valence electrons. The molecule has 0 saturated carbocycles. The molecule has 0 unspecified atom stereocenters. The Kier molecular flexibility index (Phi) is 5.85. The maximum atomic E-state index is 11.1. The van der Waals surface area contributed by atoms with Gasteiger partial charge in [0.15, 0.2) is 0 Å². The van der Waals surface area contributed by atoms with Crippen LogP contribution in [-0.4, -0.2) is 36.7 Å². The zero-order chi connectivity index (χ0) is 14.5. The van der Waals surface area contributed by atoms with Crippen molar-refractivity contribution < 1.29 is 9.59 Å². The van der Waals surface area contributed by atoms with E-state index in [9.17, 15) is 9.59 Å². The van der Waals surface area contributed by atoms with Crippen LogP contribution in [0.25, 0.3) is 0 Å². The first-order valence-electron chi connectivity index (χ1n) is 5.50. The molecule has 0 radical (unpaired) electrons. The predicted octanol–water partition coefficient (Wildman–Crippen LogP) is 1.72.